The van der Waals surface area contributed by atoms with Crippen molar-refractivity contribution in [2.45, 2.75) is 6.54 Å². The van der Waals surface area contributed by atoms with Gasteiger partial charge in [0.15, 0.2) is 0 Å². The number of fused-ring (bicyclic) bond motifs is 1. The Morgan fingerprint density at radius 1 is 1.10 bits per heavy atom. The number of rotatable bonds is 5. The van der Waals surface area contributed by atoms with Crippen molar-refractivity contribution in [3.63, 3.8) is 0 Å². The molecule has 0 aliphatic rings. The lowest BCUT2D eigenvalue weighted by Crippen LogP contribution is -2.24. The third kappa shape index (κ3) is 4.39. The van der Waals surface area contributed by atoms with Crippen molar-refractivity contribution in [3.8, 4) is 0 Å². The molecule has 2 N–H and O–H groups in total. The van der Waals surface area contributed by atoms with E-state index in [1.165, 1.54) is 18.3 Å². The largest absolute Gasteiger partial charge is 0.345 e. The molecule has 0 radical (unpaired) electrons. The minimum absolute atomic E-state index is 0.115. The molecule has 7 nitrogen and oxygen atoms in total. The number of nitrogens with zero attached hydrogens (tertiary/aromatic N) is 3. The van der Waals surface area contributed by atoms with Gasteiger partial charge in [0, 0.05) is 30.7 Å². The molecule has 4 rings (SSSR count). The van der Waals surface area contributed by atoms with Gasteiger partial charge in [0.2, 0.25) is 0 Å². The third-order valence-electron chi connectivity index (χ3n) is 4.74. The van der Waals surface area contributed by atoms with Crippen molar-refractivity contribution in [2.75, 3.05) is 5.32 Å². The second kappa shape index (κ2) is 8.53. The van der Waals surface area contributed by atoms with Gasteiger partial charge in [-0.3, -0.25) is 14.6 Å². The SMILES string of the molecule is Cn1c(CNC(=O)c2ccc(F)c(Cl)c2)nc2cc(NC(=O)c3cccnc3)ccc21. The number of amides is 2. The van der Waals surface area contributed by atoms with Crippen LogP contribution in [-0.4, -0.2) is 26.3 Å². The van der Waals surface area contributed by atoms with E-state index < -0.39 is 11.7 Å². The van der Waals surface area contributed by atoms with Crippen LogP contribution in [0.5, 0.6) is 0 Å². The smallest absolute Gasteiger partial charge is 0.257 e. The van der Waals surface area contributed by atoms with Crippen LogP contribution in [0.3, 0.4) is 0 Å². The summed E-state index contributed by atoms with van der Waals surface area (Å²) in [7, 11) is 1.83. The fourth-order valence-corrected chi connectivity index (χ4v) is 3.27. The van der Waals surface area contributed by atoms with Gasteiger partial charge in [-0.1, -0.05) is 11.6 Å². The molecule has 9 heteroatoms. The second-order valence-corrected chi connectivity index (χ2v) is 7.21. The molecule has 0 aliphatic heterocycles. The number of aryl methyl sites for hydroxylation is 1. The summed E-state index contributed by atoms with van der Waals surface area (Å²) in [5, 5.41) is 5.46. The van der Waals surface area contributed by atoms with Gasteiger partial charge in [-0.15, -0.1) is 0 Å². The van der Waals surface area contributed by atoms with Crippen LogP contribution in [0.15, 0.2) is 60.9 Å². The molecule has 2 heterocycles. The number of anilines is 1. The first-order valence-electron chi connectivity index (χ1n) is 9.32. The minimum Gasteiger partial charge on any atom is -0.345 e. The summed E-state index contributed by atoms with van der Waals surface area (Å²) in [6.07, 6.45) is 3.09. The zero-order valence-electron chi connectivity index (χ0n) is 16.4. The highest BCUT2D eigenvalue weighted by atomic mass is 35.5. The van der Waals surface area contributed by atoms with E-state index >= 15 is 0 Å². The molecule has 4 aromatic rings. The monoisotopic (exact) mass is 437 g/mol. The number of hydrogen-bond donors (Lipinski definition) is 2. The van der Waals surface area contributed by atoms with Crippen LogP contribution in [0.2, 0.25) is 5.02 Å². The van der Waals surface area contributed by atoms with Gasteiger partial charge >= 0.3 is 0 Å². The molecule has 0 saturated heterocycles. The molecule has 156 valence electrons. The molecule has 2 aromatic carbocycles. The average Bonchev–Trinajstić information content (AvgIpc) is 3.09. The summed E-state index contributed by atoms with van der Waals surface area (Å²) < 4.78 is 15.1. The van der Waals surface area contributed by atoms with Gasteiger partial charge in [0.25, 0.3) is 11.8 Å². The molecular formula is C22H17ClFN5O2. The summed E-state index contributed by atoms with van der Waals surface area (Å²) >= 11 is 5.74. The van der Waals surface area contributed by atoms with Crippen LogP contribution in [0, 0.1) is 5.82 Å². The predicted molar refractivity (Wildman–Crippen MR) is 115 cm³/mol. The number of imidazole rings is 1. The lowest BCUT2D eigenvalue weighted by Gasteiger charge is -2.06. The Bertz CT molecular complexity index is 1290. The Morgan fingerprint density at radius 2 is 1.94 bits per heavy atom. The van der Waals surface area contributed by atoms with Crippen molar-refractivity contribution in [1.82, 2.24) is 19.9 Å². The normalized spacial score (nSPS) is 10.8. The molecule has 2 aromatic heterocycles. The maximum Gasteiger partial charge on any atom is 0.257 e. The van der Waals surface area contributed by atoms with Crippen molar-refractivity contribution < 1.29 is 14.0 Å². The Hall–Kier alpha value is -3.78. The van der Waals surface area contributed by atoms with Crippen LogP contribution in [0.4, 0.5) is 10.1 Å². The third-order valence-corrected chi connectivity index (χ3v) is 5.03. The fraction of sp³-hybridized carbons (Fsp3) is 0.0909. The first kappa shape index (κ1) is 20.5. The van der Waals surface area contributed by atoms with Crippen molar-refractivity contribution in [1.29, 1.82) is 0 Å². The molecule has 0 unspecified atom stereocenters. The summed E-state index contributed by atoms with van der Waals surface area (Å²) in [5.41, 5.74) is 2.81. The Morgan fingerprint density at radius 3 is 2.68 bits per heavy atom. The molecule has 0 fully saturated rings. The van der Waals surface area contributed by atoms with Gasteiger partial charge in [-0.2, -0.15) is 0 Å². The van der Waals surface area contributed by atoms with E-state index in [0.29, 0.717) is 22.6 Å². The van der Waals surface area contributed by atoms with Crippen LogP contribution < -0.4 is 10.6 Å². The van der Waals surface area contributed by atoms with E-state index in [4.69, 9.17) is 11.6 Å². The number of pyridine rings is 1. The number of nitrogens with one attached hydrogen (secondary N) is 2. The summed E-state index contributed by atoms with van der Waals surface area (Å²) in [6.45, 7) is 0.163. The maximum absolute atomic E-state index is 13.3. The molecule has 0 bridgehead atoms. The Labute approximate surface area is 181 Å². The van der Waals surface area contributed by atoms with E-state index in [0.717, 1.165) is 11.6 Å². The lowest BCUT2D eigenvalue weighted by molar-refractivity contribution is 0.0948. The molecule has 0 aliphatic carbocycles. The lowest BCUT2D eigenvalue weighted by atomic mass is 10.2. The highest BCUT2D eigenvalue weighted by Crippen LogP contribution is 2.21. The second-order valence-electron chi connectivity index (χ2n) is 6.80. The first-order chi connectivity index (χ1) is 14.9. The van der Waals surface area contributed by atoms with E-state index in [1.54, 1.807) is 30.5 Å². The van der Waals surface area contributed by atoms with E-state index in [1.807, 2.05) is 17.7 Å². The van der Waals surface area contributed by atoms with Crippen molar-refractivity contribution >= 4 is 40.1 Å². The minimum atomic E-state index is -0.583. The zero-order valence-corrected chi connectivity index (χ0v) is 17.2. The molecular weight excluding hydrogens is 421 g/mol. The maximum atomic E-state index is 13.3. The van der Waals surface area contributed by atoms with Crippen LogP contribution in [-0.2, 0) is 13.6 Å². The number of benzene rings is 2. The molecule has 2 amide bonds. The summed E-state index contributed by atoms with van der Waals surface area (Å²) in [4.78, 5) is 33.1. The highest BCUT2D eigenvalue weighted by molar-refractivity contribution is 6.31. The fourth-order valence-electron chi connectivity index (χ4n) is 3.08. The molecule has 0 spiro atoms. The quantitative estimate of drug-likeness (QED) is 0.495. The molecule has 0 atom stereocenters. The molecule has 0 saturated carbocycles. The van der Waals surface area contributed by atoms with Crippen LogP contribution in [0.1, 0.15) is 26.5 Å². The Kier molecular flexibility index (Phi) is 5.64. The topological polar surface area (TPSA) is 88.9 Å². The van der Waals surface area contributed by atoms with Gasteiger partial charge in [-0.05, 0) is 48.5 Å². The van der Waals surface area contributed by atoms with E-state index in [2.05, 4.69) is 20.6 Å². The van der Waals surface area contributed by atoms with Gasteiger partial charge in [-0.25, -0.2) is 9.37 Å². The van der Waals surface area contributed by atoms with E-state index in [-0.39, 0.29) is 23.0 Å². The van der Waals surface area contributed by atoms with Crippen LogP contribution in [0.25, 0.3) is 11.0 Å². The predicted octanol–water partition coefficient (Wildman–Crippen LogP) is 3.94. The Balaban J connectivity index is 1.49. The number of carbonyl (C=O) groups excluding carboxylic acids is 2. The number of hydrogen-bond acceptors (Lipinski definition) is 4. The zero-order chi connectivity index (χ0) is 22.0. The van der Waals surface area contributed by atoms with Crippen LogP contribution >= 0.6 is 11.6 Å². The number of carbonyl (C=O) groups is 2. The van der Waals surface area contributed by atoms with E-state index in [9.17, 15) is 14.0 Å². The number of halogens is 2. The van der Waals surface area contributed by atoms with Gasteiger partial charge in [0.05, 0.1) is 28.2 Å². The highest BCUT2D eigenvalue weighted by Gasteiger charge is 2.13. The first-order valence-corrected chi connectivity index (χ1v) is 9.70. The summed E-state index contributed by atoms with van der Waals surface area (Å²) in [5.74, 6) is -0.625. The van der Waals surface area contributed by atoms with Crippen molar-refractivity contribution in [3.05, 3.63) is 88.7 Å². The van der Waals surface area contributed by atoms with Crippen molar-refractivity contribution in [2.24, 2.45) is 7.05 Å². The van der Waals surface area contributed by atoms with Gasteiger partial charge in [0.1, 0.15) is 11.6 Å². The number of aromatic nitrogens is 3. The average molecular weight is 438 g/mol. The molecule has 31 heavy (non-hydrogen) atoms. The standard InChI is InChI=1S/C22H17ClFN5O2/c1-29-19-7-5-15(27-22(31)14-3-2-8-25-11-14)10-18(19)28-20(29)12-26-21(30)13-4-6-17(24)16(23)9-13/h2-11H,12H2,1H3,(H,26,30)(H,27,31). The van der Waals surface area contributed by atoms with Gasteiger partial charge < -0.3 is 15.2 Å². The summed E-state index contributed by atoms with van der Waals surface area (Å²) in [6, 6.07) is 12.5.